The summed E-state index contributed by atoms with van der Waals surface area (Å²) in [6.45, 7) is 11.4. The molecule has 1 heterocycles. The fourth-order valence-electron chi connectivity index (χ4n) is 1.58. The number of aromatic nitrogens is 2. The number of carboxylic acids is 1. The van der Waals surface area contributed by atoms with Gasteiger partial charge in [-0.3, -0.25) is 9.69 Å². The summed E-state index contributed by atoms with van der Waals surface area (Å²) in [5.41, 5.74) is -0.170. The van der Waals surface area contributed by atoms with Crippen molar-refractivity contribution in [2.24, 2.45) is 5.92 Å². The maximum Gasteiger partial charge on any atom is 0.307 e. The van der Waals surface area contributed by atoms with E-state index in [4.69, 9.17) is 9.52 Å². The molecule has 1 aromatic heterocycles. The smallest absolute Gasteiger partial charge is 0.307 e. The first kappa shape index (κ1) is 15.6. The number of carboxylic acid groups (broad SMARTS) is 1. The van der Waals surface area contributed by atoms with E-state index in [-0.39, 0.29) is 5.41 Å². The van der Waals surface area contributed by atoms with E-state index in [2.05, 4.69) is 10.2 Å². The van der Waals surface area contributed by atoms with Gasteiger partial charge in [-0.25, -0.2) is 0 Å². The highest BCUT2D eigenvalue weighted by Gasteiger charge is 2.22. The van der Waals surface area contributed by atoms with Gasteiger partial charge in [-0.2, -0.15) is 0 Å². The summed E-state index contributed by atoms with van der Waals surface area (Å²) in [4.78, 5) is 12.8. The monoisotopic (exact) mass is 269 g/mol. The average molecular weight is 269 g/mol. The lowest BCUT2D eigenvalue weighted by atomic mass is 9.97. The maximum atomic E-state index is 10.9. The van der Waals surface area contributed by atoms with Crippen molar-refractivity contribution in [1.82, 2.24) is 15.1 Å². The third-order valence-electron chi connectivity index (χ3n) is 2.87. The number of hydrogen-bond acceptors (Lipinski definition) is 5. The average Bonchev–Trinajstić information content (AvgIpc) is 2.76. The second kappa shape index (κ2) is 6.14. The van der Waals surface area contributed by atoms with E-state index in [0.717, 1.165) is 6.54 Å². The Balaban J connectivity index is 2.66. The van der Waals surface area contributed by atoms with Gasteiger partial charge in [0, 0.05) is 12.0 Å². The van der Waals surface area contributed by atoms with Crippen molar-refractivity contribution in [3.63, 3.8) is 0 Å². The van der Waals surface area contributed by atoms with Crippen molar-refractivity contribution in [2.45, 2.75) is 46.6 Å². The zero-order valence-electron chi connectivity index (χ0n) is 12.3. The quantitative estimate of drug-likeness (QED) is 0.849. The van der Waals surface area contributed by atoms with Gasteiger partial charge in [0.05, 0.1) is 12.5 Å². The van der Waals surface area contributed by atoms with Crippen molar-refractivity contribution < 1.29 is 14.3 Å². The van der Waals surface area contributed by atoms with E-state index < -0.39 is 11.9 Å². The van der Waals surface area contributed by atoms with Gasteiger partial charge in [-0.15, -0.1) is 10.2 Å². The molecule has 0 spiro atoms. The summed E-state index contributed by atoms with van der Waals surface area (Å²) in [5.74, 6) is -0.0708. The van der Waals surface area contributed by atoms with Crippen molar-refractivity contribution >= 4 is 5.97 Å². The van der Waals surface area contributed by atoms with Crippen LogP contribution < -0.4 is 0 Å². The Morgan fingerprint density at radius 1 is 1.42 bits per heavy atom. The molecule has 6 heteroatoms. The second-order valence-electron chi connectivity index (χ2n) is 5.82. The predicted octanol–water partition coefficient (Wildman–Crippen LogP) is 1.91. The fraction of sp³-hybridized carbons (Fsp3) is 0.769. The molecule has 0 fully saturated rings. The lowest BCUT2D eigenvalue weighted by Gasteiger charge is -2.20. The normalized spacial score (nSPS) is 13.8. The van der Waals surface area contributed by atoms with Crippen LogP contribution in [0.4, 0.5) is 0 Å². The molecule has 0 aliphatic rings. The van der Waals surface area contributed by atoms with Gasteiger partial charge >= 0.3 is 5.97 Å². The topological polar surface area (TPSA) is 79.5 Å². The zero-order valence-corrected chi connectivity index (χ0v) is 12.3. The molecule has 0 bridgehead atoms. The van der Waals surface area contributed by atoms with Crippen LogP contribution in [0.15, 0.2) is 4.42 Å². The van der Waals surface area contributed by atoms with Gasteiger partial charge in [-0.05, 0) is 6.54 Å². The van der Waals surface area contributed by atoms with Gasteiger partial charge in [0.25, 0.3) is 0 Å². The molecule has 6 nitrogen and oxygen atoms in total. The lowest BCUT2D eigenvalue weighted by molar-refractivity contribution is -0.141. The minimum absolute atomic E-state index is 0.170. The van der Waals surface area contributed by atoms with Gasteiger partial charge in [-0.1, -0.05) is 34.6 Å². The van der Waals surface area contributed by atoms with Gasteiger partial charge in [0.2, 0.25) is 11.8 Å². The van der Waals surface area contributed by atoms with Crippen molar-refractivity contribution in [3.8, 4) is 0 Å². The van der Waals surface area contributed by atoms with Crippen LogP contribution in [-0.2, 0) is 16.8 Å². The molecule has 1 aromatic rings. The molecule has 108 valence electrons. The van der Waals surface area contributed by atoms with Gasteiger partial charge in [0.1, 0.15) is 0 Å². The molecule has 1 N–H and O–H groups in total. The van der Waals surface area contributed by atoms with E-state index in [9.17, 15) is 4.79 Å². The second-order valence-corrected chi connectivity index (χ2v) is 5.82. The third-order valence-corrected chi connectivity index (χ3v) is 2.87. The number of rotatable bonds is 6. The van der Waals surface area contributed by atoms with Gasteiger partial charge in [0.15, 0.2) is 0 Å². The molecular formula is C13H23N3O3. The van der Waals surface area contributed by atoms with Crippen LogP contribution in [0.25, 0.3) is 0 Å². The van der Waals surface area contributed by atoms with Crippen molar-refractivity contribution in [3.05, 3.63) is 11.8 Å². The summed E-state index contributed by atoms with van der Waals surface area (Å²) in [7, 11) is 0. The number of aliphatic carboxylic acids is 1. The number of nitrogens with zero attached hydrogens (tertiary/aromatic N) is 3. The molecular weight excluding hydrogens is 246 g/mol. The molecule has 0 amide bonds. The van der Waals surface area contributed by atoms with E-state index in [1.165, 1.54) is 0 Å². The Morgan fingerprint density at radius 2 is 2.05 bits per heavy atom. The molecule has 0 aliphatic carbocycles. The molecule has 19 heavy (non-hydrogen) atoms. The lowest BCUT2D eigenvalue weighted by Crippen LogP contribution is -2.31. The minimum Gasteiger partial charge on any atom is -0.481 e. The molecule has 0 radical (unpaired) electrons. The predicted molar refractivity (Wildman–Crippen MR) is 70.7 cm³/mol. The SMILES string of the molecule is CCN(Cc1nnc(C(C)(C)C)o1)CC(C)C(=O)O. The van der Waals surface area contributed by atoms with Crippen LogP contribution in [0.2, 0.25) is 0 Å². The first-order chi connectivity index (χ1) is 8.74. The minimum atomic E-state index is -0.792. The van der Waals surface area contributed by atoms with Crippen LogP contribution >= 0.6 is 0 Å². The first-order valence-corrected chi connectivity index (χ1v) is 6.52. The largest absolute Gasteiger partial charge is 0.481 e. The summed E-state index contributed by atoms with van der Waals surface area (Å²) in [5, 5.41) is 17.0. The Bertz CT molecular complexity index is 423. The standard InChI is InChI=1S/C13H23N3O3/c1-6-16(7-9(2)11(17)18)8-10-14-15-12(19-10)13(3,4)5/h9H,6-8H2,1-5H3,(H,17,18). The third kappa shape index (κ3) is 4.63. The molecule has 0 aromatic carbocycles. The number of hydrogen-bond donors (Lipinski definition) is 1. The zero-order chi connectivity index (χ0) is 14.6. The van der Waals surface area contributed by atoms with Crippen LogP contribution in [0, 0.1) is 5.92 Å². The van der Waals surface area contributed by atoms with Crippen LogP contribution in [0.1, 0.15) is 46.4 Å². The summed E-state index contributed by atoms with van der Waals surface area (Å²) in [6.07, 6.45) is 0. The first-order valence-electron chi connectivity index (χ1n) is 6.52. The van der Waals surface area contributed by atoms with E-state index >= 15 is 0 Å². The summed E-state index contributed by atoms with van der Waals surface area (Å²) < 4.78 is 5.61. The van der Waals surface area contributed by atoms with Crippen LogP contribution in [0.3, 0.4) is 0 Å². The molecule has 0 saturated carbocycles. The highest BCUT2D eigenvalue weighted by Crippen LogP contribution is 2.20. The van der Waals surface area contributed by atoms with E-state index in [0.29, 0.717) is 24.9 Å². The van der Waals surface area contributed by atoms with Crippen molar-refractivity contribution in [2.75, 3.05) is 13.1 Å². The van der Waals surface area contributed by atoms with Crippen molar-refractivity contribution in [1.29, 1.82) is 0 Å². The highest BCUT2D eigenvalue weighted by atomic mass is 16.4. The van der Waals surface area contributed by atoms with Crippen LogP contribution in [0.5, 0.6) is 0 Å². The molecule has 1 rings (SSSR count). The fourth-order valence-corrected chi connectivity index (χ4v) is 1.58. The van der Waals surface area contributed by atoms with E-state index in [1.807, 2.05) is 32.6 Å². The number of carbonyl (C=O) groups is 1. The Labute approximate surface area is 113 Å². The Morgan fingerprint density at radius 3 is 2.47 bits per heavy atom. The maximum absolute atomic E-state index is 10.9. The molecule has 0 saturated heterocycles. The van der Waals surface area contributed by atoms with Crippen LogP contribution in [-0.4, -0.2) is 39.3 Å². The molecule has 0 aliphatic heterocycles. The molecule has 1 unspecified atom stereocenters. The highest BCUT2D eigenvalue weighted by molar-refractivity contribution is 5.69. The van der Waals surface area contributed by atoms with Gasteiger partial charge < -0.3 is 9.52 Å². The Hall–Kier alpha value is -1.43. The summed E-state index contributed by atoms with van der Waals surface area (Å²) in [6, 6.07) is 0. The molecule has 1 atom stereocenters. The summed E-state index contributed by atoms with van der Waals surface area (Å²) >= 11 is 0. The van der Waals surface area contributed by atoms with E-state index in [1.54, 1.807) is 6.92 Å². The Kier molecular flexibility index (Phi) is 5.05.